The molecule has 0 radical (unpaired) electrons. The van der Waals surface area contributed by atoms with Gasteiger partial charge in [-0.25, -0.2) is 4.79 Å². The summed E-state index contributed by atoms with van der Waals surface area (Å²) in [7, 11) is 0. The first kappa shape index (κ1) is 12.0. The van der Waals surface area contributed by atoms with Crippen LogP contribution < -0.4 is 5.32 Å². The van der Waals surface area contributed by atoms with Crippen LogP contribution in [0.3, 0.4) is 0 Å². The summed E-state index contributed by atoms with van der Waals surface area (Å²) in [6.07, 6.45) is 7.07. The molecule has 0 spiro atoms. The van der Waals surface area contributed by atoms with Crippen LogP contribution in [0.2, 0.25) is 0 Å². The summed E-state index contributed by atoms with van der Waals surface area (Å²) in [6, 6.07) is 5.10. The van der Waals surface area contributed by atoms with E-state index in [1.807, 2.05) is 4.90 Å². The van der Waals surface area contributed by atoms with Crippen LogP contribution in [-0.4, -0.2) is 23.5 Å². The topological polar surface area (TPSA) is 32.3 Å². The standard InChI is InChI=1S/C14H20N2OS/c17-14(15-11-5-1-2-6-11)16-9-3-7-12(16)13-8-4-10-18-13/h4,8,10-12H,1-3,5-7,9H2,(H,15,17). The SMILES string of the molecule is O=C(NC1CCCC1)N1CCCC1c1cccs1. The van der Waals surface area contributed by atoms with Gasteiger partial charge in [-0.1, -0.05) is 18.9 Å². The molecule has 1 saturated carbocycles. The Kier molecular flexibility index (Phi) is 3.55. The number of nitrogens with zero attached hydrogens (tertiary/aromatic N) is 1. The summed E-state index contributed by atoms with van der Waals surface area (Å²) >= 11 is 1.76. The fourth-order valence-corrected chi connectivity index (χ4v) is 3.99. The summed E-state index contributed by atoms with van der Waals surface area (Å²) in [5.41, 5.74) is 0. The van der Waals surface area contributed by atoms with Crippen molar-refractivity contribution >= 4 is 17.4 Å². The van der Waals surface area contributed by atoms with Gasteiger partial charge in [-0.3, -0.25) is 0 Å². The van der Waals surface area contributed by atoms with Gasteiger partial charge in [-0.15, -0.1) is 11.3 Å². The number of rotatable bonds is 2. The van der Waals surface area contributed by atoms with Crippen molar-refractivity contribution in [2.24, 2.45) is 0 Å². The largest absolute Gasteiger partial charge is 0.335 e. The minimum Gasteiger partial charge on any atom is -0.335 e. The minimum absolute atomic E-state index is 0.151. The third-order valence-electron chi connectivity index (χ3n) is 4.07. The van der Waals surface area contributed by atoms with Crippen LogP contribution in [0.5, 0.6) is 0 Å². The molecule has 1 N–H and O–H groups in total. The number of nitrogens with one attached hydrogen (secondary N) is 1. The van der Waals surface area contributed by atoms with Gasteiger partial charge in [0.05, 0.1) is 6.04 Å². The molecule has 98 valence electrons. The lowest BCUT2D eigenvalue weighted by molar-refractivity contribution is 0.189. The van der Waals surface area contributed by atoms with Gasteiger partial charge in [0.15, 0.2) is 0 Å². The monoisotopic (exact) mass is 264 g/mol. The van der Waals surface area contributed by atoms with Crippen molar-refractivity contribution in [3.05, 3.63) is 22.4 Å². The number of carbonyl (C=O) groups excluding carboxylic acids is 1. The summed E-state index contributed by atoms with van der Waals surface area (Å²) in [5.74, 6) is 0. The molecule has 1 unspecified atom stereocenters. The van der Waals surface area contributed by atoms with E-state index in [0.717, 1.165) is 32.2 Å². The predicted octanol–water partition coefficient (Wildman–Crippen LogP) is 3.54. The van der Waals surface area contributed by atoms with Crippen molar-refractivity contribution in [1.82, 2.24) is 10.2 Å². The molecule has 4 heteroatoms. The Morgan fingerprint density at radius 3 is 2.83 bits per heavy atom. The number of carbonyl (C=O) groups is 1. The molecule has 2 amide bonds. The molecule has 2 aliphatic rings. The first-order valence-electron chi connectivity index (χ1n) is 6.95. The van der Waals surface area contributed by atoms with Gasteiger partial charge in [-0.05, 0) is 37.1 Å². The van der Waals surface area contributed by atoms with E-state index in [0.29, 0.717) is 12.1 Å². The Morgan fingerprint density at radius 2 is 2.11 bits per heavy atom. The molecule has 1 aliphatic heterocycles. The van der Waals surface area contributed by atoms with Crippen molar-refractivity contribution in [3.8, 4) is 0 Å². The quantitative estimate of drug-likeness (QED) is 0.870. The molecule has 1 aliphatic carbocycles. The first-order valence-corrected chi connectivity index (χ1v) is 7.83. The van der Waals surface area contributed by atoms with E-state index in [1.54, 1.807) is 11.3 Å². The Bertz CT molecular complexity index is 398. The van der Waals surface area contributed by atoms with E-state index < -0.39 is 0 Å². The van der Waals surface area contributed by atoms with Crippen LogP contribution in [0.25, 0.3) is 0 Å². The molecule has 1 atom stereocenters. The minimum atomic E-state index is 0.151. The van der Waals surface area contributed by atoms with E-state index >= 15 is 0 Å². The number of likely N-dealkylation sites (tertiary alicyclic amines) is 1. The zero-order chi connectivity index (χ0) is 12.4. The molecule has 3 rings (SSSR count). The van der Waals surface area contributed by atoms with Gasteiger partial charge in [-0.2, -0.15) is 0 Å². The van der Waals surface area contributed by atoms with Crippen LogP contribution in [0, 0.1) is 0 Å². The molecule has 1 aromatic heterocycles. The highest BCUT2D eigenvalue weighted by Crippen LogP contribution is 2.34. The van der Waals surface area contributed by atoms with Crippen LogP contribution >= 0.6 is 11.3 Å². The molecule has 0 bridgehead atoms. The normalized spacial score (nSPS) is 24.7. The Hall–Kier alpha value is -1.03. The van der Waals surface area contributed by atoms with E-state index in [2.05, 4.69) is 22.8 Å². The lowest BCUT2D eigenvalue weighted by Gasteiger charge is -2.26. The molecule has 2 fully saturated rings. The van der Waals surface area contributed by atoms with Gasteiger partial charge >= 0.3 is 6.03 Å². The average Bonchev–Trinajstić information content (AvgIpc) is 3.11. The van der Waals surface area contributed by atoms with E-state index in [9.17, 15) is 4.79 Å². The van der Waals surface area contributed by atoms with Crippen molar-refractivity contribution in [3.63, 3.8) is 0 Å². The second-order valence-electron chi connectivity index (χ2n) is 5.30. The predicted molar refractivity (Wildman–Crippen MR) is 73.8 cm³/mol. The van der Waals surface area contributed by atoms with Gasteiger partial charge < -0.3 is 10.2 Å². The third-order valence-corrected chi connectivity index (χ3v) is 5.04. The maximum absolute atomic E-state index is 12.3. The molecular formula is C14H20N2OS. The number of thiophene rings is 1. The maximum atomic E-state index is 12.3. The number of hydrogen-bond acceptors (Lipinski definition) is 2. The van der Waals surface area contributed by atoms with Crippen molar-refractivity contribution < 1.29 is 4.79 Å². The first-order chi connectivity index (χ1) is 8.84. The third kappa shape index (κ3) is 2.39. The molecule has 2 heterocycles. The molecule has 18 heavy (non-hydrogen) atoms. The zero-order valence-corrected chi connectivity index (χ0v) is 11.4. The second-order valence-corrected chi connectivity index (χ2v) is 6.28. The fourth-order valence-electron chi connectivity index (χ4n) is 3.11. The van der Waals surface area contributed by atoms with Crippen molar-refractivity contribution in [1.29, 1.82) is 0 Å². The number of hydrogen-bond donors (Lipinski definition) is 1. The van der Waals surface area contributed by atoms with Crippen molar-refractivity contribution in [2.75, 3.05) is 6.54 Å². The highest BCUT2D eigenvalue weighted by Gasteiger charge is 2.31. The fraction of sp³-hybridized carbons (Fsp3) is 0.643. The average molecular weight is 264 g/mol. The molecular weight excluding hydrogens is 244 g/mol. The Morgan fingerprint density at radius 1 is 1.28 bits per heavy atom. The summed E-state index contributed by atoms with van der Waals surface area (Å²) in [6.45, 7) is 0.904. The molecule has 3 nitrogen and oxygen atoms in total. The van der Waals surface area contributed by atoms with Crippen molar-refractivity contribution in [2.45, 2.75) is 50.6 Å². The van der Waals surface area contributed by atoms with Gasteiger partial charge in [0, 0.05) is 17.5 Å². The summed E-state index contributed by atoms with van der Waals surface area (Å²) in [4.78, 5) is 15.7. The van der Waals surface area contributed by atoms with Gasteiger partial charge in [0.1, 0.15) is 0 Å². The van der Waals surface area contributed by atoms with E-state index in [4.69, 9.17) is 0 Å². The lowest BCUT2D eigenvalue weighted by atomic mass is 10.2. The van der Waals surface area contributed by atoms with E-state index in [-0.39, 0.29) is 6.03 Å². The van der Waals surface area contributed by atoms with Crippen LogP contribution in [-0.2, 0) is 0 Å². The van der Waals surface area contributed by atoms with E-state index in [1.165, 1.54) is 17.7 Å². The van der Waals surface area contributed by atoms with Gasteiger partial charge in [0.2, 0.25) is 0 Å². The number of amides is 2. The smallest absolute Gasteiger partial charge is 0.318 e. The Labute approximate surface area is 112 Å². The van der Waals surface area contributed by atoms with Crippen LogP contribution in [0.15, 0.2) is 17.5 Å². The van der Waals surface area contributed by atoms with Crippen LogP contribution in [0.1, 0.15) is 49.4 Å². The Balaban J connectivity index is 1.65. The number of urea groups is 1. The van der Waals surface area contributed by atoms with Crippen LogP contribution in [0.4, 0.5) is 4.79 Å². The lowest BCUT2D eigenvalue weighted by Crippen LogP contribution is -2.43. The highest BCUT2D eigenvalue weighted by molar-refractivity contribution is 7.10. The highest BCUT2D eigenvalue weighted by atomic mass is 32.1. The summed E-state index contributed by atoms with van der Waals surface area (Å²) < 4.78 is 0. The molecule has 1 saturated heterocycles. The summed E-state index contributed by atoms with van der Waals surface area (Å²) in [5, 5.41) is 5.30. The maximum Gasteiger partial charge on any atom is 0.318 e. The molecule has 1 aromatic rings. The van der Waals surface area contributed by atoms with Gasteiger partial charge in [0.25, 0.3) is 0 Å². The second kappa shape index (κ2) is 5.31. The molecule has 0 aromatic carbocycles. The zero-order valence-electron chi connectivity index (χ0n) is 10.6.